The van der Waals surface area contributed by atoms with Crippen molar-refractivity contribution < 1.29 is 28.7 Å². The third kappa shape index (κ3) is 7.40. The van der Waals surface area contributed by atoms with Crippen LogP contribution in [0.15, 0.2) is 12.7 Å². The Hall–Kier alpha value is -2.23. The Morgan fingerprint density at radius 3 is 2.33 bits per heavy atom. The van der Waals surface area contributed by atoms with Gasteiger partial charge in [-0.15, -0.1) is 0 Å². The molecule has 204 valence electrons. The molecule has 2 atom stereocenters. The average Bonchev–Trinajstić information content (AvgIpc) is 3.32. The Morgan fingerprint density at radius 2 is 1.78 bits per heavy atom. The fraction of sp³-hybridized carbons (Fsp3) is 0.769. The summed E-state index contributed by atoms with van der Waals surface area (Å²) in [6, 6.07) is 0. The molecule has 1 N–H and O–H groups in total. The fourth-order valence-electron chi connectivity index (χ4n) is 4.68. The Labute approximate surface area is 219 Å². The topological polar surface area (TPSA) is 105 Å². The van der Waals surface area contributed by atoms with Crippen LogP contribution in [0.25, 0.3) is 0 Å². The van der Waals surface area contributed by atoms with Crippen molar-refractivity contribution in [2.75, 3.05) is 44.3 Å². The summed E-state index contributed by atoms with van der Waals surface area (Å²) in [6.07, 6.45) is 3.23. The van der Waals surface area contributed by atoms with Crippen molar-refractivity contribution in [2.24, 2.45) is 11.8 Å². The molecule has 9 nitrogen and oxygen atoms in total. The molecule has 0 aromatic carbocycles. The lowest BCUT2D eigenvalue weighted by Crippen LogP contribution is -2.66. The van der Waals surface area contributed by atoms with Crippen molar-refractivity contribution in [1.82, 2.24) is 15.1 Å². The number of hydrogen-bond donors (Lipinski definition) is 1. The maximum Gasteiger partial charge on any atom is 0.410 e. The number of esters is 1. The largest absolute Gasteiger partial charge is 0.460 e. The van der Waals surface area contributed by atoms with Gasteiger partial charge < -0.3 is 24.6 Å². The molecule has 2 heterocycles. The normalized spacial score (nSPS) is 21.4. The number of likely N-dealkylation sites (tertiary alicyclic amines) is 1. The Balaban J connectivity index is 2.34. The highest BCUT2D eigenvalue weighted by molar-refractivity contribution is 7.99. The molecular formula is C26H43N3O6S. The van der Waals surface area contributed by atoms with Crippen molar-refractivity contribution >= 4 is 35.6 Å². The van der Waals surface area contributed by atoms with E-state index in [1.807, 2.05) is 34.6 Å². The van der Waals surface area contributed by atoms with Crippen LogP contribution in [0.4, 0.5) is 4.79 Å². The number of carbonyl (C=O) groups is 4. The van der Waals surface area contributed by atoms with Crippen LogP contribution in [-0.2, 0) is 23.9 Å². The van der Waals surface area contributed by atoms with Gasteiger partial charge in [0.15, 0.2) is 0 Å². The van der Waals surface area contributed by atoms with Crippen LogP contribution in [0.2, 0.25) is 0 Å². The van der Waals surface area contributed by atoms with Gasteiger partial charge in [-0.05, 0) is 47.0 Å². The van der Waals surface area contributed by atoms with Crippen LogP contribution in [0.5, 0.6) is 0 Å². The minimum absolute atomic E-state index is 0.114. The SMILES string of the molecule is C=CCOC(=O)N1CCC(C(=O)NCC)(N(CCCC)C(=O)C2CSCC2C(=O)OC(C)(C)C)CC1. The van der Waals surface area contributed by atoms with E-state index in [1.165, 1.54) is 6.08 Å². The fourth-order valence-corrected chi connectivity index (χ4v) is 6.07. The minimum atomic E-state index is -1.09. The van der Waals surface area contributed by atoms with Gasteiger partial charge in [-0.25, -0.2) is 4.79 Å². The predicted octanol–water partition coefficient (Wildman–Crippen LogP) is 3.23. The number of carbonyl (C=O) groups excluding carboxylic acids is 4. The van der Waals surface area contributed by atoms with Crippen molar-refractivity contribution in [3.8, 4) is 0 Å². The highest BCUT2D eigenvalue weighted by atomic mass is 32.2. The zero-order valence-corrected chi connectivity index (χ0v) is 23.3. The molecule has 36 heavy (non-hydrogen) atoms. The standard InChI is InChI=1S/C26H43N3O6S/c1-7-10-13-29(21(30)19-17-36-18-20(19)22(31)35-25(4,5)6)26(23(32)27-9-3)11-14-28(15-12-26)24(33)34-16-8-2/h8,19-20H,2,7,9-18H2,1,3-6H3,(H,27,32). The van der Waals surface area contributed by atoms with Gasteiger partial charge in [-0.3, -0.25) is 14.4 Å². The monoisotopic (exact) mass is 525 g/mol. The number of unbranched alkanes of at least 4 members (excludes halogenated alkanes) is 1. The first-order valence-corrected chi connectivity index (χ1v) is 14.1. The molecule has 3 amide bonds. The van der Waals surface area contributed by atoms with E-state index < -0.39 is 29.1 Å². The Bertz CT molecular complexity index is 804. The smallest absolute Gasteiger partial charge is 0.410 e. The first-order valence-electron chi connectivity index (χ1n) is 12.9. The number of amides is 3. The lowest BCUT2D eigenvalue weighted by molar-refractivity contribution is -0.165. The molecular weight excluding hydrogens is 482 g/mol. The van der Waals surface area contributed by atoms with Gasteiger partial charge in [0.05, 0.1) is 11.8 Å². The first-order chi connectivity index (χ1) is 17.0. The first kappa shape index (κ1) is 30.0. The maximum absolute atomic E-state index is 14.1. The summed E-state index contributed by atoms with van der Waals surface area (Å²) < 4.78 is 10.8. The number of nitrogens with one attached hydrogen (secondary N) is 1. The second-order valence-corrected chi connectivity index (χ2v) is 11.4. The van der Waals surface area contributed by atoms with Gasteiger partial charge in [0.2, 0.25) is 11.8 Å². The van der Waals surface area contributed by atoms with Crippen LogP contribution in [0, 0.1) is 11.8 Å². The van der Waals surface area contributed by atoms with Crippen LogP contribution < -0.4 is 5.32 Å². The van der Waals surface area contributed by atoms with Crippen LogP contribution in [-0.4, -0.2) is 89.1 Å². The molecule has 0 aliphatic carbocycles. The second-order valence-electron chi connectivity index (χ2n) is 10.4. The number of ether oxygens (including phenoxy) is 2. The van der Waals surface area contributed by atoms with Crippen molar-refractivity contribution in [3.63, 3.8) is 0 Å². The van der Waals surface area contributed by atoms with E-state index in [0.29, 0.717) is 37.4 Å². The van der Waals surface area contributed by atoms with Gasteiger partial charge in [0.1, 0.15) is 17.7 Å². The number of hydrogen-bond acceptors (Lipinski definition) is 7. The molecule has 2 saturated heterocycles. The molecule has 0 spiro atoms. The van der Waals surface area contributed by atoms with Gasteiger partial charge in [-0.1, -0.05) is 26.0 Å². The van der Waals surface area contributed by atoms with Crippen molar-refractivity contribution in [1.29, 1.82) is 0 Å². The van der Waals surface area contributed by atoms with E-state index in [4.69, 9.17) is 9.47 Å². The summed E-state index contributed by atoms with van der Waals surface area (Å²) in [5.41, 5.74) is -1.74. The zero-order chi connectivity index (χ0) is 26.9. The summed E-state index contributed by atoms with van der Waals surface area (Å²) >= 11 is 1.56. The lowest BCUT2D eigenvalue weighted by Gasteiger charge is -2.48. The molecule has 0 saturated carbocycles. The third-order valence-corrected chi connectivity index (χ3v) is 7.75. The quantitative estimate of drug-likeness (QED) is 0.345. The van der Waals surface area contributed by atoms with Crippen LogP contribution in [0.1, 0.15) is 60.3 Å². The number of piperidine rings is 1. The van der Waals surface area contributed by atoms with E-state index in [2.05, 4.69) is 11.9 Å². The molecule has 2 aliphatic heterocycles. The Morgan fingerprint density at radius 1 is 1.14 bits per heavy atom. The number of thioether (sulfide) groups is 1. The van der Waals surface area contributed by atoms with E-state index in [1.54, 1.807) is 21.6 Å². The van der Waals surface area contributed by atoms with E-state index in [-0.39, 0.29) is 37.5 Å². The molecule has 2 rings (SSSR count). The molecule has 0 bridgehead atoms. The minimum Gasteiger partial charge on any atom is -0.460 e. The van der Waals surface area contributed by atoms with E-state index in [0.717, 1.165) is 12.8 Å². The highest BCUT2D eigenvalue weighted by Crippen LogP contribution is 2.38. The van der Waals surface area contributed by atoms with Gasteiger partial charge in [-0.2, -0.15) is 11.8 Å². The highest BCUT2D eigenvalue weighted by Gasteiger charge is 2.52. The molecule has 0 aromatic heterocycles. The maximum atomic E-state index is 14.1. The van der Waals surface area contributed by atoms with Crippen molar-refractivity contribution in [2.45, 2.75) is 71.4 Å². The number of rotatable bonds is 10. The lowest BCUT2D eigenvalue weighted by atomic mass is 9.82. The summed E-state index contributed by atoms with van der Waals surface area (Å²) in [6.45, 7) is 14.4. The van der Waals surface area contributed by atoms with Gasteiger partial charge >= 0.3 is 12.1 Å². The number of nitrogens with zero attached hydrogens (tertiary/aromatic N) is 2. The molecule has 0 radical (unpaired) electrons. The van der Waals surface area contributed by atoms with Gasteiger partial charge in [0, 0.05) is 37.7 Å². The van der Waals surface area contributed by atoms with Crippen LogP contribution >= 0.6 is 11.8 Å². The van der Waals surface area contributed by atoms with Crippen LogP contribution in [0.3, 0.4) is 0 Å². The molecule has 2 unspecified atom stereocenters. The van der Waals surface area contributed by atoms with Gasteiger partial charge in [0.25, 0.3) is 0 Å². The number of likely N-dealkylation sites (N-methyl/N-ethyl adjacent to an activating group) is 1. The summed E-state index contributed by atoms with van der Waals surface area (Å²) in [5.74, 6) is -0.838. The zero-order valence-electron chi connectivity index (χ0n) is 22.5. The molecule has 2 aliphatic rings. The molecule has 10 heteroatoms. The summed E-state index contributed by atoms with van der Waals surface area (Å²) in [5, 5.41) is 2.92. The predicted molar refractivity (Wildman–Crippen MR) is 141 cm³/mol. The summed E-state index contributed by atoms with van der Waals surface area (Å²) in [4.78, 5) is 56.3. The molecule has 0 aromatic rings. The molecule has 2 fully saturated rings. The van der Waals surface area contributed by atoms with Crippen molar-refractivity contribution in [3.05, 3.63) is 12.7 Å². The average molecular weight is 526 g/mol. The summed E-state index contributed by atoms with van der Waals surface area (Å²) in [7, 11) is 0. The third-order valence-electron chi connectivity index (χ3n) is 6.56. The van der Waals surface area contributed by atoms with E-state index >= 15 is 0 Å². The van der Waals surface area contributed by atoms with E-state index in [9.17, 15) is 19.2 Å². The second kappa shape index (κ2) is 13.4. The Kier molecular flexibility index (Phi) is 11.1.